The Labute approximate surface area is 85.5 Å². The molecule has 0 aromatic heterocycles. The van der Waals surface area contributed by atoms with Crippen molar-refractivity contribution in [2.75, 3.05) is 13.7 Å². The molecule has 0 saturated heterocycles. The van der Waals surface area contributed by atoms with Gasteiger partial charge in [-0.05, 0) is 19.1 Å². The Morgan fingerprint density at radius 2 is 2.14 bits per heavy atom. The summed E-state index contributed by atoms with van der Waals surface area (Å²) in [6.45, 7) is 2.13. The second-order valence-electron chi connectivity index (χ2n) is 2.99. The van der Waals surface area contributed by atoms with Crippen LogP contribution in [-0.4, -0.2) is 23.2 Å². The van der Waals surface area contributed by atoms with Crippen molar-refractivity contribution < 1.29 is 13.3 Å². The van der Waals surface area contributed by atoms with Crippen LogP contribution < -0.4 is 0 Å². The summed E-state index contributed by atoms with van der Waals surface area (Å²) in [5.74, 6) is -0.422. The third-order valence-electron chi connectivity index (χ3n) is 1.82. The average Bonchev–Trinajstić information content (AvgIpc) is 2.18. The number of hydrogen-bond acceptors (Lipinski definition) is 2. The van der Waals surface area contributed by atoms with E-state index in [0.717, 1.165) is 0 Å². The first-order valence-corrected chi connectivity index (χ1v) is 5.52. The Balaban J connectivity index is 2.84. The lowest BCUT2D eigenvalue weighted by Crippen LogP contribution is -2.17. The third-order valence-corrected chi connectivity index (χ3v) is 3.45. The molecule has 0 aliphatic heterocycles. The maximum atomic E-state index is 13.2. The molecule has 2 nitrogen and oxygen atoms in total. The van der Waals surface area contributed by atoms with Gasteiger partial charge in [0.25, 0.3) is 0 Å². The van der Waals surface area contributed by atoms with E-state index in [1.807, 2.05) is 0 Å². The number of methoxy groups -OCH3 is 1. The van der Waals surface area contributed by atoms with Crippen LogP contribution in [0.5, 0.6) is 0 Å². The molecular weight excluding hydrogens is 203 g/mol. The van der Waals surface area contributed by atoms with Gasteiger partial charge in [-0.1, -0.05) is 12.1 Å². The van der Waals surface area contributed by atoms with Crippen LogP contribution in [0.4, 0.5) is 4.39 Å². The van der Waals surface area contributed by atoms with Gasteiger partial charge in [-0.25, -0.2) is 4.39 Å². The largest absolute Gasteiger partial charge is 0.383 e. The van der Waals surface area contributed by atoms with Crippen molar-refractivity contribution in [2.24, 2.45) is 0 Å². The summed E-state index contributed by atoms with van der Waals surface area (Å²) in [6, 6.07) is 6.11. The van der Waals surface area contributed by atoms with Crippen LogP contribution in [0.1, 0.15) is 6.92 Å². The Morgan fingerprint density at radius 3 is 2.71 bits per heavy atom. The van der Waals surface area contributed by atoms with E-state index in [2.05, 4.69) is 0 Å². The molecular formula is C10H13FO2S. The van der Waals surface area contributed by atoms with Gasteiger partial charge in [-0.3, -0.25) is 4.21 Å². The minimum Gasteiger partial charge on any atom is -0.383 e. The smallest absolute Gasteiger partial charge is 0.139 e. The molecule has 0 aliphatic rings. The van der Waals surface area contributed by atoms with Crippen molar-refractivity contribution in [2.45, 2.75) is 17.1 Å². The van der Waals surface area contributed by atoms with Crippen LogP contribution in [0.15, 0.2) is 29.2 Å². The predicted molar refractivity (Wildman–Crippen MR) is 54.1 cm³/mol. The van der Waals surface area contributed by atoms with Gasteiger partial charge in [-0.2, -0.15) is 0 Å². The predicted octanol–water partition coefficient (Wildman–Crippen LogP) is 1.97. The molecule has 0 radical (unpaired) electrons. The molecule has 1 aromatic carbocycles. The Morgan fingerprint density at radius 1 is 1.50 bits per heavy atom. The van der Waals surface area contributed by atoms with E-state index in [0.29, 0.717) is 6.61 Å². The number of rotatable bonds is 4. The highest BCUT2D eigenvalue weighted by Gasteiger charge is 2.16. The van der Waals surface area contributed by atoms with Gasteiger partial charge in [0.1, 0.15) is 5.82 Å². The summed E-state index contributed by atoms with van der Waals surface area (Å²) in [5.41, 5.74) is 0. The molecule has 0 N–H and O–H groups in total. The van der Waals surface area contributed by atoms with Crippen molar-refractivity contribution in [1.29, 1.82) is 0 Å². The first-order valence-electron chi connectivity index (χ1n) is 4.31. The van der Waals surface area contributed by atoms with Crippen LogP contribution in [0.25, 0.3) is 0 Å². The fourth-order valence-electron chi connectivity index (χ4n) is 1.12. The standard InChI is InChI=1S/C10H13FO2S/c1-8(7-13-2)14(12)10-6-4-3-5-9(10)11/h3-6,8H,7H2,1-2H3. The highest BCUT2D eigenvalue weighted by atomic mass is 32.2. The molecule has 78 valence electrons. The van der Waals surface area contributed by atoms with Crippen LogP contribution in [0.2, 0.25) is 0 Å². The van der Waals surface area contributed by atoms with Gasteiger partial charge in [-0.15, -0.1) is 0 Å². The van der Waals surface area contributed by atoms with Crippen molar-refractivity contribution >= 4 is 10.8 Å². The van der Waals surface area contributed by atoms with E-state index in [9.17, 15) is 8.60 Å². The molecule has 4 heteroatoms. The SMILES string of the molecule is COCC(C)S(=O)c1ccccc1F. The number of ether oxygens (including phenoxy) is 1. The van der Waals surface area contributed by atoms with Crippen molar-refractivity contribution in [3.05, 3.63) is 30.1 Å². The highest BCUT2D eigenvalue weighted by Crippen LogP contribution is 2.15. The maximum absolute atomic E-state index is 13.2. The zero-order chi connectivity index (χ0) is 10.6. The van der Waals surface area contributed by atoms with Crippen molar-refractivity contribution in [3.63, 3.8) is 0 Å². The first kappa shape index (κ1) is 11.3. The van der Waals surface area contributed by atoms with Gasteiger partial charge in [0.05, 0.1) is 27.6 Å². The van der Waals surface area contributed by atoms with Gasteiger partial charge in [0.2, 0.25) is 0 Å². The van der Waals surface area contributed by atoms with Crippen molar-refractivity contribution in [3.8, 4) is 0 Å². The number of hydrogen-bond donors (Lipinski definition) is 0. The molecule has 0 amide bonds. The van der Waals surface area contributed by atoms with Gasteiger partial charge < -0.3 is 4.74 Å². The number of benzene rings is 1. The minimum atomic E-state index is -1.34. The summed E-state index contributed by atoms with van der Waals surface area (Å²) in [7, 11) is 0.197. The van der Waals surface area contributed by atoms with Gasteiger partial charge in [0, 0.05) is 7.11 Å². The molecule has 0 aliphatic carbocycles. The summed E-state index contributed by atoms with van der Waals surface area (Å²) in [5, 5.41) is -0.197. The Hall–Kier alpha value is -0.740. The Bertz CT molecular complexity index is 328. The molecule has 2 atom stereocenters. The zero-order valence-electron chi connectivity index (χ0n) is 8.20. The normalized spacial score (nSPS) is 15.1. The van der Waals surface area contributed by atoms with E-state index in [-0.39, 0.29) is 10.1 Å². The quantitative estimate of drug-likeness (QED) is 0.769. The summed E-state index contributed by atoms with van der Waals surface area (Å²) < 4.78 is 29.8. The van der Waals surface area contributed by atoms with E-state index in [1.165, 1.54) is 19.2 Å². The maximum Gasteiger partial charge on any atom is 0.139 e. The lowest BCUT2D eigenvalue weighted by atomic mass is 10.3. The fourth-order valence-corrected chi connectivity index (χ4v) is 2.29. The van der Waals surface area contributed by atoms with E-state index < -0.39 is 16.6 Å². The molecule has 2 unspecified atom stereocenters. The van der Waals surface area contributed by atoms with E-state index in [1.54, 1.807) is 19.1 Å². The van der Waals surface area contributed by atoms with Crippen LogP contribution in [0, 0.1) is 5.82 Å². The lowest BCUT2D eigenvalue weighted by Gasteiger charge is -2.10. The average molecular weight is 216 g/mol. The summed E-state index contributed by atoms with van der Waals surface area (Å²) in [4.78, 5) is 0.247. The molecule has 1 rings (SSSR count). The second kappa shape index (κ2) is 5.22. The molecule has 0 fully saturated rings. The molecule has 0 heterocycles. The van der Waals surface area contributed by atoms with Crippen LogP contribution in [-0.2, 0) is 15.5 Å². The van der Waals surface area contributed by atoms with Crippen LogP contribution in [0.3, 0.4) is 0 Å². The molecule has 14 heavy (non-hydrogen) atoms. The van der Waals surface area contributed by atoms with Gasteiger partial charge >= 0.3 is 0 Å². The topological polar surface area (TPSA) is 26.3 Å². The molecule has 0 spiro atoms. The second-order valence-corrected chi connectivity index (χ2v) is 4.83. The zero-order valence-corrected chi connectivity index (χ0v) is 9.01. The minimum absolute atomic E-state index is 0.197. The van der Waals surface area contributed by atoms with Crippen molar-refractivity contribution in [1.82, 2.24) is 0 Å². The fraction of sp³-hybridized carbons (Fsp3) is 0.400. The molecule has 0 bridgehead atoms. The van der Waals surface area contributed by atoms with Gasteiger partial charge in [0.15, 0.2) is 0 Å². The monoisotopic (exact) mass is 216 g/mol. The van der Waals surface area contributed by atoms with E-state index >= 15 is 0 Å². The summed E-state index contributed by atoms with van der Waals surface area (Å²) in [6.07, 6.45) is 0. The first-order chi connectivity index (χ1) is 6.66. The van der Waals surface area contributed by atoms with Crippen LogP contribution >= 0.6 is 0 Å². The lowest BCUT2D eigenvalue weighted by molar-refractivity contribution is 0.201. The summed E-state index contributed by atoms with van der Waals surface area (Å²) >= 11 is 0. The number of halogens is 1. The molecule has 0 saturated carbocycles. The van der Waals surface area contributed by atoms with E-state index in [4.69, 9.17) is 4.74 Å². The third kappa shape index (κ3) is 2.62. The Kier molecular flexibility index (Phi) is 4.22. The molecule has 1 aromatic rings. The highest BCUT2D eigenvalue weighted by molar-refractivity contribution is 7.85.